The summed E-state index contributed by atoms with van der Waals surface area (Å²) in [5.74, 6) is 1.05. The number of ketones is 1. The maximum atomic E-state index is 11.9. The van der Waals surface area contributed by atoms with Gasteiger partial charge >= 0.3 is 0 Å². The van der Waals surface area contributed by atoms with Gasteiger partial charge < -0.3 is 4.74 Å². The van der Waals surface area contributed by atoms with E-state index in [4.69, 9.17) is 9.72 Å². The third-order valence-corrected chi connectivity index (χ3v) is 7.13. The Kier molecular flexibility index (Phi) is 6.00. The van der Waals surface area contributed by atoms with Crippen LogP contribution in [0.1, 0.15) is 43.0 Å². The van der Waals surface area contributed by atoms with Crippen LogP contribution in [0.4, 0.5) is 0 Å². The van der Waals surface area contributed by atoms with Gasteiger partial charge in [0.05, 0.1) is 5.52 Å². The van der Waals surface area contributed by atoms with Crippen molar-refractivity contribution in [2.45, 2.75) is 59.1 Å². The molecule has 8 heteroatoms. The van der Waals surface area contributed by atoms with Gasteiger partial charge in [-0.3, -0.25) is 9.36 Å². The van der Waals surface area contributed by atoms with Crippen LogP contribution >= 0.6 is 0 Å². The van der Waals surface area contributed by atoms with Crippen molar-refractivity contribution in [3.8, 4) is 5.69 Å². The molecule has 0 aliphatic heterocycles. The van der Waals surface area contributed by atoms with Crippen molar-refractivity contribution in [1.29, 1.82) is 0 Å². The van der Waals surface area contributed by atoms with E-state index in [9.17, 15) is 4.79 Å². The number of ether oxygens (including phenoxy) is 1. The Balaban J connectivity index is 1.69. The SMILES string of the molecule is CC(=O)c1ccc2nc(C(C)C)n(-c3ccc4nn(COCC[Si](C)(C)C)cc4c3)c2n1. The Morgan fingerprint density at radius 3 is 2.53 bits per heavy atom. The largest absolute Gasteiger partial charge is 0.360 e. The highest BCUT2D eigenvalue weighted by Gasteiger charge is 2.18. The van der Waals surface area contributed by atoms with Gasteiger partial charge in [0, 0.05) is 44.8 Å². The molecule has 0 aliphatic carbocycles. The molecular weight excluding hydrogens is 418 g/mol. The fourth-order valence-electron chi connectivity index (χ4n) is 3.62. The Labute approximate surface area is 189 Å². The first kappa shape index (κ1) is 22.4. The van der Waals surface area contributed by atoms with Gasteiger partial charge in [0.1, 0.15) is 23.8 Å². The van der Waals surface area contributed by atoms with E-state index in [2.05, 4.69) is 49.6 Å². The fourth-order valence-corrected chi connectivity index (χ4v) is 4.38. The van der Waals surface area contributed by atoms with Crippen LogP contribution in [0.15, 0.2) is 36.5 Å². The molecule has 168 valence electrons. The first-order chi connectivity index (χ1) is 15.1. The van der Waals surface area contributed by atoms with Gasteiger partial charge in [-0.1, -0.05) is 33.5 Å². The normalized spacial score (nSPS) is 12.3. The minimum Gasteiger partial charge on any atom is -0.360 e. The number of pyridine rings is 1. The number of hydrogen-bond acceptors (Lipinski definition) is 5. The molecule has 4 rings (SSSR count). The topological polar surface area (TPSA) is 74.8 Å². The molecule has 0 bridgehead atoms. The number of aromatic nitrogens is 5. The van der Waals surface area contributed by atoms with E-state index in [1.807, 2.05) is 33.6 Å². The lowest BCUT2D eigenvalue weighted by Gasteiger charge is -2.15. The summed E-state index contributed by atoms with van der Waals surface area (Å²) in [5, 5.41) is 5.67. The van der Waals surface area contributed by atoms with E-state index in [1.165, 1.54) is 6.92 Å². The van der Waals surface area contributed by atoms with Crippen molar-refractivity contribution >= 4 is 35.9 Å². The van der Waals surface area contributed by atoms with E-state index >= 15 is 0 Å². The average Bonchev–Trinajstić information content (AvgIpc) is 3.30. The standard InChI is InChI=1S/C24H31N5O2Si/c1-16(2)23-26-22-10-9-20(17(3)30)25-24(22)29(23)19-7-8-21-18(13-19)14-28(27-21)15-31-11-12-32(4,5)6/h7-10,13-14,16H,11-12,15H2,1-6H3. The average molecular weight is 450 g/mol. The molecule has 7 nitrogen and oxygen atoms in total. The lowest BCUT2D eigenvalue weighted by molar-refractivity contribution is 0.0791. The zero-order chi connectivity index (χ0) is 23.0. The predicted octanol–water partition coefficient (Wildman–Crippen LogP) is 5.41. The van der Waals surface area contributed by atoms with E-state index in [0.717, 1.165) is 40.6 Å². The Hall–Kier alpha value is -2.84. The molecule has 4 aromatic rings. The van der Waals surface area contributed by atoms with Crippen molar-refractivity contribution in [3.63, 3.8) is 0 Å². The van der Waals surface area contributed by atoms with Crippen LogP contribution < -0.4 is 0 Å². The summed E-state index contributed by atoms with van der Waals surface area (Å²) in [4.78, 5) is 21.3. The van der Waals surface area contributed by atoms with Crippen molar-refractivity contribution in [1.82, 2.24) is 24.3 Å². The van der Waals surface area contributed by atoms with Gasteiger partial charge in [-0.2, -0.15) is 5.10 Å². The molecule has 0 fully saturated rings. The van der Waals surface area contributed by atoms with Crippen LogP contribution in [0.2, 0.25) is 25.7 Å². The number of hydrogen-bond donors (Lipinski definition) is 0. The summed E-state index contributed by atoms with van der Waals surface area (Å²) in [5.41, 5.74) is 3.79. The molecule has 0 amide bonds. The third-order valence-electron chi connectivity index (χ3n) is 5.42. The molecule has 32 heavy (non-hydrogen) atoms. The molecule has 3 aromatic heterocycles. The van der Waals surface area contributed by atoms with Crippen molar-refractivity contribution in [2.24, 2.45) is 0 Å². The van der Waals surface area contributed by atoms with Crippen LogP contribution in [0, 0.1) is 0 Å². The second kappa shape index (κ2) is 8.59. The van der Waals surface area contributed by atoms with E-state index in [0.29, 0.717) is 18.1 Å². The number of Topliss-reactive ketones (excluding diaryl/α,β-unsaturated/α-hetero) is 1. The fraction of sp³-hybridized carbons (Fsp3) is 0.417. The van der Waals surface area contributed by atoms with Gasteiger partial charge in [-0.25, -0.2) is 14.6 Å². The molecule has 0 saturated heterocycles. The summed E-state index contributed by atoms with van der Waals surface area (Å²) in [6.07, 6.45) is 2.01. The van der Waals surface area contributed by atoms with E-state index in [1.54, 1.807) is 6.07 Å². The highest BCUT2D eigenvalue weighted by atomic mass is 28.3. The van der Waals surface area contributed by atoms with Crippen molar-refractivity contribution in [2.75, 3.05) is 6.61 Å². The number of nitrogens with zero attached hydrogens (tertiary/aromatic N) is 5. The number of carbonyl (C=O) groups is 1. The molecule has 0 N–H and O–H groups in total. The number of rotatable bonds is 8. The number of imidazole rings is 1. The minimum absolute atomic E-state index is 0.0587. The summed E-state index contributed by atoms with van der Waals surface area (Å²) in [6.45, 7) is 14.0. The summed E-state index contributed by atoms with van der Waals surface area (Å²) < 4.78 is 9.75. The van der Waals surface area contributed by atoms with Crippen LogP contribution in [0.3, 0.4) is 0 Å². The van der Waals surface area contributed by atoms with Crippen molar-refractivity contribution < 1.29 is 9.53 Å². The lowest BCUT2D eigenvalue weighted by Crippen LogP contribution is -2.22. The molecule has 0 radical (unpaired) electrons. The Morgan fingerprint density at radius 2 is 1.84 bits per heavy atom. The van der Waals surface area contributed by atoms with Gasteiger partial charge in [0.15, 0.2) is 11.4 Å². The van der Waals surface area contributed by atoms with Crippen LogP contribution in [0.5, 0.6) is 0 Å². The van der Waals surface area contributed by atoms with E-state index < -0.39 is 8.07 Å². The Morgan fingerprint density at radius 1 is 1.09 bits per heavy atom. The quantitative estimate of drug-likeness (QED) is 0.204. The molecule has 0 aliphatic rings. The number of fused-ring (bicyclic) bond motifs is 2. The maximum Gasteiger partial charge on any atom is 0.178 e. The van der Waals surface area contributed by atoms with Gasteiger partial charge in [-0.05, 0) is 36.4 Å². The van der Waals surface area contributed by atoms with Gasteiger partial charge in [-0.15, -0.1) is 0 Å². The second-order valence-corrected chi connectivity index (χ2v) is 15.4. The lowest BCUT2D eigenvalue weighted by atomic mass is 10.2. The summed E-state index contributed by atoms with van der Waals surface area (Å²) in [6, 6.07) is 10.9. The second-order valence-electron chi connectivity index (χ2n) is 9.82. The molecule has 1 aromatic carbocycles. The summed E-state index contributed by atoms with van der Waals surface area (Å²) >= 11 is 0. The van der Waals surface area contributed by atoms with Crippen LogP contribution in [-0.2, 0) is 11.5 Å². The first-order valence-corrected chi connectivity index (χ1v) is 14.8. The summed E-state index contributed by atoms with van der Waals surface area (Å²) in [7, 11) is -1.10. The third kappa shape index (κ3) is 4.66. The van der Waals surface area contributed by atoms with Crippen molar-refractivity contribution in [3.05, 3.63) is 48.0 Å². The number of carbonyl (C=O) groups excluding carboxylic acids is 1. The van der Waals surface area contributed by atoms with Gasteiger partial charge in [0.25, 0.3) is 0 Å². The first-order valence-electron chi connectivity index (χ1n) is 11.1. The maximum absolute atomic E-state index is 11.9. The smallest absolute Gasteiger partial charge is 0.178 e. The zero-order valence-corrected chi connectivity index (χ0v) is 20.7. The number of benzene rings is 1. The molecule has 0 unspecified atom stereocenters. The highest BCUT2D eigenvalue weighted by molar-refractivity contribution is 6.76. The van der Waals surface area contributed by atoms with E-state index in [-0.39, 0.29) is 11.7 Å². The minimum atomic E-state index is -1.10. The molecular formula is C24H31N5O2Si. The van der Waals surface area contributed by atoms with Crippen LogP contribution in [-0.4, -0.2) is 44.8 Å². The predicted molar refractivity (Wildman–Crippen MR) is 130 cm³/mol. The monoisotopic (exact) mass is 449 g/mol. The molecule has 0 saturated carbocycles. The molecule has 0 spiro atoms. The van der Waals surface area contributed by atoms with Gasteiger partial charge in [0.2, 0.25) is 0 Å². The zero-order valence-electron chi connectivity index (χ0n) is 19.7. The Bertz CT molecular complexity index is 1280. The van der Waals surface area contributed by atoms with Crippen LogP contribution in [0.25, 0.3) is 27.8 Å². The molecule has 0 atom stereocenters. The highest BCUT2D eigenvalue weighted by Crippen LogP contribution is 2.27. The molecule has 3 heterocycles.